The van der Waals surface area contributed by atoms with Crippen molar-refractivity contribution in [1.82, 2.24) is 0 Å². The van der Waals surface area contributed by atoms with Gasteiger partial charge in [0.2, 0.25) is 5.75 Å². The van der Waals surface area contributed by atoms with Crippen LogP contribution >= 0.6 is 0 Å². The van der Waals surface area contributed by atoms with E-state index in [0.717, 1.165) is 27.3 Å². The summed E-state index contributed by atoms with van der Waals surface area (Å²) in [6.45, 7) is 0. The first-order chi connectivity index (χ1) is 17.1. The van der Waals surface area contributed by atoms with Gasteiger partial charge >= 0.3 is 5.63 Å². The quantitative estimate of drug-likeness (QED) is 0.286. The van der Waals surface area contributed by atoms with Gasteiger partial charge < -0.3 is 23.4 Å². The Balaban J connectivity index is 1.75. The molecular formula is C29H22O6. The van der Waals surface area contributed by atoms with Gasteiger partial charge in [0.25, 0.3) is 0 Å². The highest BCUT2D eigenvalue weighted by atomic mass is 16.5. The molecule has 5 aromatic rings. The maximum Gasteiger partial charge on any atom is 0.344 e. The average molecular weight is 466 g/mol. The Hall–Kier alpha value is -4.45. The molecule has 0 saturated heterocycles. The summed E-state index contributed by atoms with van der Waals surface area (Å²) in [5, 5.41) is 2.77. The Bertz CT molecular complexity index is 1640. The normalized spacial score (nSPS) is 14.2. The number of rotatable bonds is 4. The minimum atomic E-state index is -0.491. The van der Waals surface area contributed by atoms with Crippen molar-refractivity contribution in [2.24, 2.45) is 0 Å². The Morgan fingerprint density at radius 2 is 1.43 bits per heavy atom. The third-order valence-corrected chi connectivity index (χ3v) is 6.54. The fourth-order valence-corrected chi connectivity index (χ4v) is 5.01. The minimum Gasteiger partial charge on any atom is -0.493 e. The molecule has 1 aliphatic rings. The van der Waals surface area contributed by atoms with Gasteiger partial charge in [0.05, 0.1) is 32.3 Å². The Kier molecular flexibility index (Phi) is 4.88. The SMILES string of the molecule is COc1cc(C2c3c(c4ccccc4oc3=O)Oc3ccc4ccccc4c32)cc(OC)c1OC. The fraction of sp³-hybridized carbons (Fsp3) is 0.138. The van der Waals surface area contributed by atoms with E-state index in [1.807, 2.05) is 66.7 Å². The first-order valence-corrected chi connectivity index (χ1v) is 11.2. The van der Waals surface area contributed by atoms with Crippen LogP contribution in [0.3, 0.4) is 0 Å². The van der Waals surface area contributed by atoms with Crippen molar-refractivity contribution in [2.45, 2.75) is 5.92 Å². The molecule has 6 nitrogen and oxygen atoms in total. The third-order valence-electron chi connectivity index (χ3n) is 6.54. The zero-order valence-electron chi connectivity index (χ0n) is 19.5. The number of ether oxygens (including phenoxy) is 4. The topological polar surface area (TPSA) is 67.1 Å². The molecule has 0 bridgehead atoms. The molecule has 0 amide bonds. The van der Waals surface area contributed by atoms with Gasteiger partial charge in [0.1, 0.15) is 17.1 Å². The summed E-state index contributed by atoms with van der Waals surface area (Å²) in [7, 11) is 4.71. The van der Waals surface area contributed by atoms with Gasteiger partial charge in [-0.25, -0.2) is 4.79 Å². The maximum absolute atomic E-state index is 13.5. The van der Waals surface area contributed by atoms with E-state index in [0.29, 0.717) is 39.9 Å². The van der Waals surface area contributed by atoms with Crippen molar-refractivity contribution in [1.29, 1.82) is 0 Å². The van der Waals surface area contributed by atoms with Crippen molar-refractivity contribution in [3.05, 3.63) is 99.9 Å². The number of hydrogen-bond donors (Lipinski definition) is 0. The van der Waals surface area contributed by atoms with E-state index in [9.17, 15) is 4.79 Å². The van der Waals surface area contributed by atoms with Gasteiger partial charge in [-0.05, 0) is 46.7 Å². The summed E-state index contributed by atoms with van der Waals surface area (Å²) in [4.78, 5) is 13.5. The molecule has 1 aliphatic heterocycles. The molecule has 1 unspecified atom stereocenters. The highest BCUT2D eigenvalue weighted by Gasteiger charge is 2.36. The number of hydrogen-bond acceptors (Lipinski definition) is 6. The van der Waals surface area contributed by atoms with E-state index in [1.165, 1.54) is 0 Å². The van der Waals surface area contributed by atoms with E-state index in [2.05, 4.69) is 0 Å². The molecule has 0 radical (unpaired) electrons. The molecule has 4 aromatic carbocycles. The van der Waals surface area contributed by atoms with Gasteiger partial charge in [0, 0.05) is 11.5 Å². The van der Waals surface area contributed by atoms with Crippen molar-refractivity contribution in [2.75, 3.05) is 21.3 Å². The second-order valence-corrected chi connectivity index (χ2v) is 8.32. The van der Waals surface area contributed by atoms with Crippen molar-refractivity contribution >= 4 is 21.7 Å². The number of para-hydroxylation sites is 1. The van der Waals surface area contributed by atoms with E-state index in [1.54, 1.807) is 27.4 Å². The molecule has 1 atom stereocenters. The van der Waals surface area contributed by atoms with E-state index < -0.39 is 11.5 Å². The molecule has 0 N–H and O–H groups in total. The number of benzene rings is 4. The van der Waals surface area contributed by atoms with Crippen LogP contribution in [0.15, 0.2) is 82.0 Å². The molecule has 174 valence electrons. The van der Waals surface area contributed by atoms with E-state index in [4.69, 9.17) is 23.4 Å². The monoisotopic (exact) mass is 466 g/mol. The first-order valence-electron chi connectivity index (χ1n) is 11.2. The lowest BCUT2D eigenvalue weighted by Gasteiger charge is -2.30. The second-order valence-electron chi connectivity index (χ2n) is 8.32. The molecule has 6 rings (SSSR count). The van der Waals surface area contributed by atoms with Gasteiger partial charge in [-0.1, -0.05) is 42.5 Å². The Morgan fingerprint density at radius 3 is 2.14 bits per heavy atom. The zero-order chi connectivity index (χ0) is 24.1. The van der Waals surface area contributed by atoms with Gasteiger partial charge in [-0.15, -0.1) is 0 Å². The molecule has 0 fully saturated rings. The number of fused-ring (bicyclic) bond motifs is 6. The third kappa shape index (κ3) is 3.14. The average Bonchev–Trinajstić information content (AvgIpc) is 2.91. The largest absolute Gasteiger partial charge is 0.493 e. The van der Waals surface area contributed by atoms with Crippen molar-refractivity contribution < 1.29 is 23.4 Å². The predicted molar refractivity (Wildman–Crippen MR) is 134 cm³/mol. The lowest BCUT2D eigenvalue weighted by atomic mass is 9.80. The summed E-state index contributed by atoms with van der Waals surface area (Å²) < 4.78 is 29.0. The van der Waals surface area contributed by atoms with Crippen LogP contribution in [0, 0.1) is 0 Å². The molecule has 6 heteroatoms. The van der Waals surface area contributed by atoms with Crippen LogP contribution in [0.4, 0.5) is 0 Å². The van der Waals surface area contributed by atoms with Crippen LogP contribution in [-0.2, 0) is 0 Å². The van der Waals surface area contributed by atoms with Gasteiger partial charge in [0.15, 0.2) is 11.5 Å². The van der Waals surface area contributed by atoms with Crippen molar-refractivity contribution in [3.63, 3.8) is 0 Å². The molecule has 0 spiro atoms. The first kappa shape index (κ1) is 21.1. The standard InChI is InChI=1S/C29H22O6/c1-31-22-14-17(15-23(32-2)28(22)33-3)24-25-18-9-5-4-8-16(18)12-13-21(25)34-27-19-10-6-7-11-20(19)35-29(30)26(24)27/h4-15,24H,1-3H3. The molecular weight excluding hydrogens is 444 g/mol. The summed E-state index contributed by atoms with van der Waals surface area (Å²) in [6, 6.07) is 23.2. The number of methoxy groups -OCH3 is 3. The van der Waals surface area contributed by atoms with Crippen LogP contribution in [0.2, 0.25) is 0 Å². The van der Waals surface area contributed by atoms with E-state index in [-0.39, 0.29) is 0 Å². The highest BCUT2D eigenvalue weighted by molar-refractivity contribution is 5.93. The molecule has 2 heterocycles. The summed E-state index contributed by atoms with van der Waals surface area (Å²) >= 11 is 0. The van der Waals surface area contributed by atoms with Crippen LogP contribution in [-0.4, -0.2) is 21.3 Å². The van der Waals surface area contributed by atoms with Crippen LogP contribution in [0.5, 0.6) is 28.7 Å². The Labute approximate surface area is 201 Å². The minimum absolute atomic E-state index is 0.432. The van der Waals surface area contributed by atoms with Gasteiger partial charge in [-0.2, -0.15) is 0 Å². The molecule has 1 aromatic heterocycles. The summed E-state index contributed by atoms with van der Waals surface area (Å²) in [5.41, 5.74) is 2.14. The second kappa shape index (κ2) is 8.09. The van der Waals surface area contributed by atoms with Gasteiger partial charge in [-0.3, -0.25) is 0 Å². The fourth-order valence-electron chi connectivity index (χ4n) is 5.01. The molecule has 0 aliphatic carbocycles. The predicted octanol–water partition coefficient (Wildman–Crippen LogP) is 6.26. The van der Waals surface area contributed by atoms with Crippen LogP contribution in [0.25, 0.3) is 21.7 Å². The van der Waals surface area contributed by atoms with E-state index >= 15 is 0 Å². The maximum atomic E-state index is 13.5. The van der Waals surface area contributed by atoms with Crippen LogP contribution in [0.1, 0.15) is 22.6 Å². The lowest BCUT2D eigenvalue weighted by Crippen LogP contribution is -2.21. The highest BCUT2D eigenvalue weighted by Crippen LogP contribution is 2.52. The summed E-state index contributed by atoms with van der Waals surface area (Å²) in [5.74, 6) is 2.18. The summed E-state index contributed by atoms with van der Waals surface area (Å²) in [6.07, 6.45) is 0. The Morgan fingerprint density at radius 1 is 0.743 bits per heavy atom. The zero-order valence-corrected chi connectivity index (χ0v) is 19.5. The van der Waals surface area contributed by atoms with Crippen LogP contribution < -0.4 is 24.6 Å². The molecule has 35 heavy (non-hydrogen) atoms. The molecule has 0 saturated carbocycles. The van der Waals surface area contributed by atoms with Crippen molar-refractivity contribution in [3.8, 4) is 28.7 Å². The smallest absolute Gasteiger partial charge is 0.344 e. The lowest BCUT2D eigenvalue weighted by molar-refractivity contribution is 0.323.